The third-order valence-corrected chi connectivity index (χ3v) is 7.26. The Kier molecular flexibility index (Phi) is 8.52. The highest BCUT2D eigenvalue weighted by Crippen LogP contribution is 2.38. The number of ether oxygens (including phenoxy) is 2. The highest BCUT2D eigenvalue weighted by molar-refractivity contribution is 7.17. The number of esters is 1. The summed E-state index contributed by atoms with van der Waals surface area (Å²) in [6, 6.07) is 11.1. The lowest BCUT2D eigenvalue weighted by molar-refractivity contribution is -0.136. The van der Waals surface area contributed by atoms with Crippen molar-refractivity contribution in [1.29, 1.82) is 0 Å². The molecule has 8 nitrogen and oxygen atoms in total. The molecule has 3 aromatic rings. The van der Waals surface area contributed by atoms with Gasteiger partial charge in [0.2, 0.25) is 0 Å². The van der Waals surface area contributed by atoms with Crippen LogP contribution in [0.2, 0.25) is 5.02 Å². The second-order valence-electron chi connectivity index (χ2n) is 8.12. The van der Waals surface area contributed by atoms with Crippen LogP contribution >= 0.6 is 22.9 Å². The predicted octanol–water partition coefficient (Wildman–Crippen LogP) is 4.87. The van der Waals surface area contributed by atoms with Gasteiger partial charge >= 0.3 is 17.8 Å². The predicted molar refractivity (Wildman–Crippen MR) is 139 cm³/mol. The number of nitrogens with one attached hydrogen (secondary N) is 2. The van der Waals surface area contributed by atoms with Crippen LogP contribution in [0.3, 0.4) is 0 Å². The van der Waals surface area contributed by atoms with Crippen molar-refractivity contribution in [3.63, 3.8) is 0 Å². The number of halogens is 2. The maximum absolute atomic E-state index is 13.9. The molecule has 0 saturated carbocycles. The Bertz CT molecular complexity index is 1340. The molecule has 1 aliphatic rings. The fourth-order valence-corrected chi connectivity index (χ4v) is 5.31. The van der Waals surface area contributed by atoms with Crippen molar-refractivity contribution in [2.45, 2.75) is 32.3 Å². The second-order valence-corrected chi connectivity index (χ2v) is 9.63. The monoisotopic (exact) mass is 543 g/mol. The summed E-state index contributed by atoms with van der Waals surface area (Å²) in [6.45, 7) is -0.0327. The van der Waals surface area contributed by atoms with E-state index in [0.29, 0.717) is 21.9 Å². The first kappa shape index (κ1) is 26.3. The number of rotatable bonds is 7. The molecule has 0 unspecified atom stereocenters. The highest BCUT2D eigenvalue weighted by atomic mass is 35.5. The van der Waals surface area contributed by atoms with Crippen molar-refractivity contribution in [3.8, 4) is 5.75 Å². The van der Waals surface area contributed by atoms with E-state index in [9.17, 15) is 18.8 Å². The number of fused-ring (bicyclic) bond motifs is 1. The van der Waals surface area contributed by atoms with Crippen LogP contribution in [0.15, 0.2) is 47.6 Å². The standard InChI is InChI=1S/C26H23ClFN3O5S/c1-35-26(34)22-17-5-2-3-8-21(17)37-25(22)30-23(32)24(33)31-29-13-15-9-11-16(12-10-15)36-14-18-19(27)6-4-7-20(18)28/h4,6-7,9-13H,2-3,5,8,14H2,1H3,(H,30,32)(H,31,33)/b29-13+. The number of methoxy groups -OCH3 is 1. The summed E-state index contributed by atoms with van der Waals surface area (Å²) in [5, 5.41) is 6.90. The number of carbonyl (C=O) groups is 3. The lowest BCUT2D eigenvalue weighted by Gasteiger charge is -2.11. The Hall–Kier alpha value is -3.76. The summed E-state index contributed by atoms with van der Waals surface area (Å²) >= 11 is 7.29. The zero-order chi connectivity index (χ0) is 26.4. The summed E-state index contributed by atoms with van der Waals surface area (Å²) < 4.78 is 24.3. The summed E-state index contributed by atoms with van der Waals surface area (Å²) in [6.07, 6.45) is 4.85. The molecule has 2 N–H and O–H groups in total. The van der Waals surface area contributed by atoms with Crippen LogP contribution in [0.5, 0.6) is 5.75 Å². The number of hydrogen-bond acceptors (Lipinski definition) is 7. The molecule has 0 saturated heterocycles. The second kappa shape index (κ2) is 12.0. The normalized spacial score (nSPS) is 12.6. The molecule has 0 radical (unpaired) electrons. The fourth-order valence-electron chi connectivity index (χ4n) is 3.82. The molecule has 4 rings (SSSR count). The molecule has 2 aromatic carbocycles. The number of amides is 2. The highest BCUT2D eigenvalue weighted by Gasteiger charge is 2.28. The maximum Gasteiger partial charge on any atom is 0.341 e. The topological polar surface area (TPSA) is 106 Å². The van der Waals surface area contributed by atoms with E-state index >= 15 is 0 Å². The Balaban J connectivity index is 1.32. The van der Waals surface area contributed by atoms with Gasteiger partial charge in [0.1, 0.15) is 23.2 Å². The molecule has 11 heteroatoms. The van der Waals surface area contributed by atoms with Crippen LogP contribution in [0, 0.1) is 5.82 Å². The van der Waals surface area contributed by atoms with Gasteiger partial charge in [0.25, 0.3) is 0 Å². The van der Waals surface area contributed by atoms with Gasteiger partial charge in [0, 0.05) is 10.4 Å². The SMILES string of the molecule is COC(=O)c1c(NC(=O)C(=O)N/N=C/c2ccc(OCc3c(F)cccc3Cl)cc2)sc2c1CCCC2. The van der Waals surface area contributed by atoms with Gasteiger partial charge < -0.3 is 14.8 Å². The van der Waals surface area contributed by atoms with Gasteiger partial charge in [-0.15, -0.1) is 11.3 Å². The zero-order valence-electron chi connectivity index (χ0n) is 19.8. The number of thiophene rings is 1. The molecule has 0 bridgehead atoms. The molecule has 0 fully saturated rings. The van der Waals surface area contributed by atoms with Crippen molar-refractivity contribution in [1.82, 2.24) is 5.43 Å². The van der Waals surface area contributed by atoms with Gasteiger partial charge in [-0.05, 0) is 73.2 Å². The Morgan fingerprint density at radius 1 is 1.11 bits per heavy atom. The Morgan fingerprint density at radius 3 is 2.59 bits per heavy atom. The number of aryl methyl sites for hydroxylation is 1. The number of nitrogens with zero attached hydrogens (tertiary/aromatic N) is 1. The van der Waals surface area contributed by atoms with E-state index in [0.717, 1.165) is 36.1 Å². The Morgan fingerprint density at radius 2 is 1.86 bits per heavy atom. The first-order chi connectivity index (χ1) is 17.9. The van der Waals surface area contributed by atoms with E-state index in [1.165, 1.54) is 36.8 Å². The van der Waals surface area contributed by atoms with Crippen molar-refractivity contribution in [2.24, 2.45) is 5.10 Å². The number of hydrogen-bond donors (Lipinski definition) is 2. The summed E-state index contributed by atoms with van der Waals surface area (Å²) in [5.41, 5.74) is 4.24. The summed E-state index contributed by atoms with van der Waals surface area (Å²) in [4.78, 5) is 38.0. The molecule has 0 aliphatic heterocycles. The molecule has 0 atom stereocenters. The molecule has 2 amide bonds. The van der Waals surface area contributed by atoms with E-state index in [4.69, 9.17) is 21.1 Å². The zero-order valence-corrected chi connectivity index (χ0v) is 21.4. The minimum atomic E-state index is -0.986. The number of anilines is 1. The molecule has 0 spiro atoms. The molecule has 1 aliphatic carbocycles. The van der Waals surface area contributed by atoms with Crippen molar-refractivity contribution in [3.05, 3.63) is 80.4 Å². The van der Waals surface area contributed by atoms with Gasteiger partial charge in [-0.1, -0.05) is 17.7 Å². The molecule has 1 heterocycles. The van der Waals surface area contributed by atoms with E-state index < -0.39 is 23.6 Å². The lowest BCUT2D eigenvalue weighted by Crippen LogP contribution is -2.32. The fraction of sp³-hybridized carbons (Fsp3) is 0.231. The summed E-state index contributed by atoms with van der Waals surface area (Å²) in [5.74, 6) is -2.44. The quantitative estimate of drug-likeness (QED) is 0.191. The minimum Gasteiger partial charge on any atom is -0.489 e. The van der Waals surface area contributed by atoms with Gasteiger partial charge in [-0.25, -0.2) is 14.6 Å². The lowest BCUT2D eigenvalue weighted by atomic mass is 9.95. The van der Waals surface area contributed by atoms with Crippen LogP contribution in [0.4, 0.5) is 9.39 Å². The number of benzene rings is 2. The first-order valence-electron chi connectivity index (χ1n) is 11.4. The van der Waals surface area contributed by atoms with Crippen LogP contribution in [-0.4, -0.2) is 31.1 Å². The average molecular weight is 544 g/mol. The van der Waals surface area contributed by atoms with Gasteiger partial charge in [0.15, 0.2) is 0 Å². The maximum atomic E-state index is 13.9. The summed E-state index contributed by atoms with van der Waals surface area (Å²) in [7, 11) is 1.28. The third kappa shape index (κ3) is 6.33. The molecular weight excluding hydrogens is 521 g/mol. The molecular formula is C26H23ClFN3O5S. The molecule has 1 aromatic heterocycles. The number of carbonyl (C=O) groups excluding carboxylic acids is 3. The van der Waals surface area contributed by atoms with E-state index in [1.807, 2.05) is 0 Å². The van der Waals surface area contributed by atoms with Crippen LogP contribution in [-0.2, 0) is 33.8 Å². The van der Waals surface area contributed by atoms with Crippen molar-refractivity contribution in [2.75, 3.05) is 12.4 Å². The average Bonchev–Trinajstić information content (AvgIpc) is 3.26. The van der Waals surface area contributed by atoms with Gasteiger partial charge in [-0.3, -0.25) is 9.59 Å². The molecule has 192 valence electrons. The van der Waals surface area contributed by atoms with Crippen molar-refractivity contribution >= 4 is 51.9 Å². The Labute approximate surface area is 221 Å². The number of hydrazone groups is 1. The van der Waals surface area contributed by atoms with Gasteiger partial charge in [-0.2, -0.15) is 5.10 Å². The molecule has 37 heavy (non-hydrogen) atoms. The van der Waals surface area contributed by atoms with Crippen LogP contribution < -0.4 is 15.5 Å². The van der Waals surface area contributed by atoms with E-state index in [-0.39, 0.29) is 17.2 Å². The largest absolute Gasteiger partial charge is 0.489 e. The first-order valence-corrected chi connectivity index (χ1v) is 12.6. The van der Waals surface area contributed by atoms with E-state index in [1.54, 1.807) is 30.3 Å². The van der Waals surface area contributed by atoms with E-state index in [2.05, 4.69) is 15.8 Å². The van der Waals surface area contributed by atoms with Crippen LogP contribution in [0.25, 0.3) is 0 Å². The third-order valence-electron chi connectivity index (χ3n) is 5.70. The van der Waals surface area contributed by atoms with Gasteiger partial charge in [0.05, 0.1) is 23.9 Å². The smallest absolute Gasteiger partial charge is 0.341 e. The van der Waals surface area contributed by atoms with Crippen LogP contribution in [0.1, 0.15) is 44.8 Å². The van der Waals surface area contributed by atoms with Crippen molar-refractivity contribution < 1.29 is 28.2 Å². The minimum absolute atomic E-state index is 0.0327.